The Balaban J connectivity index is 1.72. The Kier molecular flexibility index (Phi) is 3.36. The van der Waals surface area contributed by atoms with E-state index in [1.165, 1.54) is 34.4 Å². The second-order valence-electron chi connectivity index (χ2n) is 5.40. The van der Waals surface area contributed by atoms with E-state index in [2.05, 4.69) is 71.5 Å². The van der Waals surface area contributed by atoms with E-state index in [9.17, 15) is 0 Å². The average Bonchev–Trinajstić information content (AvgIpc) is 2.33. The average molecular weight is 316 g/mol. The Morgan fingerprint density at radius 3 is 2.53 bits per heavy atom. The van der Waals surface area contributed by atoms with E-state index in [0.29, 0.717) is 5.92 Å². The van der Waals surface area contributed by atoms with Gasteiger partial charge in [-0.25, -0.2) is 0 Å². The third-order valence-corrected chi connectivity index (χ3v) is 4.44. The zero-order chi connectivity index (χ0) is 13.4. The van der Waals surface area contributed by atoms with Gasteiger partial charge in [-0.15, -0.1) is 0 Å². The first kappa shape index (κ1) is 12.7. The molecule has 0 heterocycles. The van der Waals surface area contributed by atoms with Crippen LogP contribution in [0.25, 0.3) is 0 Å². The minimum absolute atomic E-state index is 0.665. The van der Waals surface area contributed by atoms with Crippen molar-refractivity contribution in [3.05, 3.63) is 63.1 Å². The Morgan fingerprint density at radius 2 is 1.84 bits per heavy atom. The van der Waals surface area contributed by atoms with Gasteiger partial charge in [-0.1, -0.05) is 40.2 Å². The molecule has 0 bridgehead atoms. The number of halogens is 1. The molecule has 0 amide bonds. The summed E-state index contributed by atoms with van der Waals surface area (Å²) in [7, 11) is 0. The first-order valence-corrected chi connectivity index (χ1v) is 7.53. The lowest BCUT2D eigenvalue weighted by Crippen LogP contribution is -2.24. The number of rotatable bonds is 3. The minimum atomic E-state index is 0.665. The normalized spacial score (nSPS) is 16.7. The van der Waals surface area contributed by atoms with Crippen molar-refractivity contribution in [2.45, 2.75) is 26.2 Å². The summed E-state index contributed by atoms with van der Waals surface area (Å²) in [5, 5.41) is 3.63. The summed E-state index contributed by atoms with van der Waals surface area (Å²) in [6.45, 7) is 5.35. The van der Waals surface area contributed by atoms with Gasteiger partial charge in [0.25, 0.3) is 0 Å². The maximum atomic E-state index is 3.63. The summed E-state index contributed by atoms with van der Waals surface area (Å²) in [4.78, 5) is 0. The molecule has 1 nitrogen and oxygen atoms in total. The molecule has 2 heteroatoms. The molecular weight excluding hydrogens is 298 g/mol. The molecule has 1 aliphatic carbocycles. The van der Waals surface area contributed by atoms with Crippen LogP contribution >= 0.6 is 15.9 Å². The van der Waals surface area contributed by atoms with Crippen LogP contribution in [0.3, 0.4) is 0 Å². The molecule has 1 unspecified atom stereocenters. The molecule has 1 N–H and O–H groups in total. The molecule has 0 aromatic heterocycles. The Bertz CT molecular complexity index is 595. The van der Waals surface area contributed by atoms with Gasteiger partial charge in [-0.2, -0.15) is 0 Å². The van der Waals surface area contributed by atoms with E-state index < -0.39 is 0 Å². The van der Waals surface area contributed by atoms with Crippen LogP contribution in [0.5, 0.6) is 0 Å². The first-order chi connectivity index (χ1) is 9.15. The Hall–Kier alpha value is -1.28. The van der Waals surface area contributed by atoms with E-state index in [1.54, 1.807) is 0 Å². The van der Waals surface area contributed by atoms with E-state index in [1.807, 2.05) is 0 Å². The Labute approximate surface area is 123 Å². The predicted molar refractivity (Wildman–Crippen MR) is 85.0 cm³/mol. The fraction of sp³-hybridized carbons (Fsp3) is 0.294. The molecule has 2 aromatic rings. The van der Waals surface area contributed by atoms with Crippen LogP contribution in [0.15, 0.2) is 40.9 Å². The smallest absolute Gasteiger partial charge is 0.0400 e. The monoisotopic (exact) mass is 315 g/mol. The lowest BCUT2D eigenvalue weighted by molar-refractivity contribution is 0.635. The van der Waals surface area contributed by atoms with Crippen molar-refractivity contribution < 1.29 is 0 Å². The number of nitrogens with one attached hydrogen (secondary N) is 1. The molecule has 1 aliphatic rings. The van der Waals surface area contributed by atoms with Crippen molar-refractivity contribution in [2.75, 3.05) is 11.9 Å². The van der Waals surface area contributed by atoms with Gasteiger partial charge in [-0.3, -0.25) is 0 Å². The van der Waals surface area contributed by atoms with Gasteiger partial charge in [0.1, 0.15) is 0 Å². The molecule has 0 aliphatic heterocycles. The number of aryl methyl sites for hydroxylation is 2. The van der Waals surface area contributed by atoms with E-state index in [4.69, 9.17) is 0 Å². The molecule has 2 aromatic carbocycles. The molecule has 19 heavy (non-hydrogen) atoms. The molecule has 0 saturated carbocycles. The van der Waals surface area contributed by atoms with Crippen molar-refractivity contribution in [1.82, 2.24) is 0 Å². The largest absolute Gasteiger partial charge is 0.384 e. The van der Waals surface area contributed by atoms with Crippen molar-refractivity contribution >= 4 is 21.6 Å². The predicted octanol–water partition coefficient (Wildman–Crippen LogP) is 4.82. The number of fused-ring (bicyclic) bond motifs is 1. The fourth-order valence-corrected chi connectivity index (χ4v) is 3.65. The van der Waals surface area contributed by atoms with Gasteiger partial charge < -0.3 is 5.32 Å². The quantitative estimate of drug-likeness (QED) is 0.856. The summed E-state index contributed by atoms with van der Waals surface area (Å²) in [5.41, 5.74) is 6.92. The number of hydrogen-bond acceptors (Lipinski definition) is 1. The highest BCUT2D eigenvalue weighted by atomic mass is 79.9. The van der Waals surface area contributed by atoms with Crippen LogP contribution in [0, 0.1) is 13.8 Å². The maximum Gasteiger partial charge on any atom is 0.0400 e. The van der Waals surface area contributed by atoms with Gasteiger partial charge in [0.2, 0.25) is 0 Å². The third kappa shape index (κ3) is 2.42. The lowest BCUT2D eigenvalue weighted by atomic mass is 9.77. The van der Waals surface area contributed by atoms with Gasteiger partial charge in [0.15, 0.2) is 0 Å². The summed E-state index contributed by atoms with van der Waals surface area (Å²) >= 11 is 3.55. The number of hydrogen-bond donors (Lipinski definition) is 1. The fourth-order valence-electron chi connectivity index (χ4n) is 2.96. The zero-order valence-electron chi connectivity index (χ0n) is 11.3. The van der Waals surface area contributed by atoms with Crippen LogP contribution in [0.1, 0.15) is 28.2 Å². The van der Waals surface area contributed by atoms with Crippen LogP contribution in [0.2, 0.25) is 0 Å². The van der Waals surface area contributed by atoms with E-state index in [-0.39, 0.29) is 0 Å². The number of anilines is 1. The van der Waals surface area contributed by atoms with Crippen molar-refractivity contribution in [3.8, 4) is 0 Å². The van der Waals surface area contributed by atoms with Crippen molar-refractivity contribution in [1.29, 1.82) is 0 Å². The van der Waals surface area contributed by atoms with Crippen molar-refractivity contribution in [3.63, 3.8) is 0 Å². The topological polar surface area (TPSA) is 12.0 Å². The zero-order valence-corrected chi connectivity index (χ0v) is 12.9. The van der Waals surface area contributed by atoms with Gasteiger partial charge >= 0.3 is 0 Å². The summed E-state index contributed by atoms with van der Waals surface area (Å²) in [5.74, 6) is 0.665. The molecule has 1 atom stereocenters. The van der Waals surface area contributed by atoms with Gasteiger partial charge in [0.05, 0.1) is 0 Å². The molecule has 0 saturated heterocycles. The standard InChI is InChI=1S/C17H18BrN/c1-11-7-15(18)8-12(2)17(11)19-10-14-9-13-5-3-4-6-16(13)14/h3-8,14,19H,9-10H2,1-2H3. The molecule has 3 rings (SSSR count). The minimum Gasteiger partial charge on any atom is -0.384 e. The summed E-state index contributed by atoms with van der Waals surface area (Å²) in [6.07, 6.45) is 1.21. The second-order valence-corrected chi connectivity index (χ2v) is 6.31. The molecule has 0 spiro atoms. The van der Waals surface area contributed by atoms with Crippen LogP contribution < -0.4 is 5.32 Å². The number of benzene rings is 2. The first-order valence-electron chi connectivity index (χ1n) is 6.73. The Morgan fingerprint density at radius 1 is 1.16 bits per heavy atom. The molecule has 98 valence electrons. The van der Waals surface area contributed by atoms with Crippen LogP contribution in [-0.2, 0) is 6.42 Å². The van der Waals surface area contributed by atoms with Crippen molar-refractivity contribution in [2.24, 2.45) is 0 Å². The van der Waals surface area contributed by atoms with Crippen LogP contribution in [-0.4, -0.2) is 6.54 Å². The van der Waals surface area contributed by atoms with Crippen LogP contribution in [0.4, 0.5) is 5.69 Å². The molecule has 0 radical (unpaired) electrons. The van der Waals surface area contributed by atoms with Gasteiger partial charge in [-0.05, 0) is 54.7 Å². The molecular formula is C17H18BrN. The highest BCUT2D eigenvalue weighted by Crippen LogP contribution is 2.35. The second kappa shape index (κ2) is 5.01. The lowest BCUT2D eigenvalue weighted by Gasteiger charge is -2.31. The highest BCUT2D eigenvalue weighted by molar-refractivity contribution is 9.10. The summed E-state index contributed by atoms with van der Waals surface area (Å²) in [6, 6.07) is 13.1. The van der Waals surface area contributed by atoms with E-state index >= 15 is 0 Å². The van der Waals surface area contributed by atoms with Gasteiger partial charge in [0, 0.05) is 22.6 Å². The SMILES string of the molecule is Cc1cc(Br)cc(C)c1NCC1Cc2ccccc21. The maximum absolute atomic E-state index is 3.63. The third-order valence-electron chi connectivity index (χ3n) is 3.98. The van der Waals surface area contributed by atoms with E-state index in [0.717, 1.165) is 11.0 Å². The summed E-state index contributed by atoms with van der Waals surface area (Å²) < 4.78 is 1.15. The molecule has 0 fully saturated rings. The highest BCUT2D eigenvalue weighted by Gasteiger charge is 2.25.